The maximum absolute atomic E-state index is 5.97. The van der Waals surface area contributed by atoms with E-state index in [2.05, 4.69) is 17.6 Å². The van der Waals surface area contributed by atoms with Crippen molar-refractivity contribution in [1.29, 1.82) is 0 Å². The average molecular weight is 184 g/mol. The molecule has 76 valence electrons. The summed E-state index contributed by atoms with van der Waals surface area (Å²) in [6.45, 7) is 6.26. The van der Waals surface area contributed by atoms with Gasteiger partial charge in [-0.15, -0.1) is 0 Å². The van der Waals surface area contributed by atoms with Crippen molar-refractivity contribution in [3.8, 4) is 0 Å². The molecule has 0 aromatic heterocycles. The minimum Gasteiger partial charge on any atom is -0.359 e. The molecule has 0 unspecified atom stereocenters. The molecule has 3 heteroatoms. The molecular weight excluding hydrogens is 164 g/mol. The van der Waals surface area contributed by atoms with Gasteiger partial charge in [-0.2, -0.15) is 0 Å². The first-order chi connectivity index (χ1) is 6.37. The van der Waals surface area contributed by atoms with Gasteiger partial charge in [-0.3, -0.25) is 5.32 Å². The highest BCUT2D eigenvalue weighted by Crippen LogP contribution is 2.30. The molecule has 0 aromatic carbocycles. The lowest BCUT2D eigenvalue weighted by atomic mass is 9.90. The Bertz CT molecular complexity index is 174. The third-order valence-electron chi connectivity index (χ3n) is 3.16. The van der Waals surface area contributed by atoms with E-state index in [9.17, 15) is 0 Å². The summed E-state index contributed by atoms with van der Waals surface area (Å²) >= 11 is 0. The molecule has 0 saturated carbocycles. The van der Waals surface area contributed by atoms with Crippen LogP contribution in [-0.4, -0.2) is 32.0 Å². The minimum absolute atomic E-state index is 0.0196. The number of ether oxygens (including phenoxy) is 1. The molecule has 3 nitrogen and oxygen atoms in total. The number of rotatable bonds is 3. The summed E-state index contributed by atoms with van der Waals surface area (Å²) < 4.78 is 5.97. The van der Waals surface area contributed by atoms with Crippen molar-refractivity contribution in [1.82, 2.24) is 10.6 Å². The summed E-state index contributed by atoms with van der Waals surface area (Å²) in [5, 5.41) is 6.97. The Morgan fingerprint density at radius 1 is 1.54 bits per heavy atom. The number of fused-ring (bicyclic) bond motifs is 1. The Hall–Kier alpha value is -0.120. The Labute approximate surface area is 80.2 Å². The van der Waals surface area contributed by atoms with Gasteiger partial charge in [0.1, 0.15) is 5.72 Å². The fraction of sp³-hybridized carbons (Fsp3) is 1.00. The van der Waals surface area contributed by atoms with Crippen LogP contribution in [0.5, 0.6) is 0 Å². The monoisotopic (exact) mass is 184 g/mol. The third-order valence-corrected chi connectivity index (χ3v) is 3.16. The number of piperidine rings is 1. The lowest BCUT2D eigenvalue weighted by Crippen LogP contribution is -2.57. The summed E-state index contributed by atoms with van der Waals surface area (Å²) in [6, 6.07) is 0. The van der Waals surface area contributed by atoms with Gasteiger partial charge in [0.2, 0.25) is 0 Å². The summed E-state index contributed by atoms with van der Waals surface area (Å²) in [5.41, 5.74) is -0.0196. The second kappa shape index (κ2) is 3.95. The van der Waals surface area contributed by atoms with Crippen LogP contribution < -0.4 is 10.6 Å². The van der Waals surface area contributed by atoms with E-state index in [0.29, 0.717) is 5.92 Å². The van der Waals surface area contributed by atoms with E-state index >= 15 is 0 Å². The van der Waals surface area contributed by atoms with E-state index in [-0.39, 0.29) is 5.72 Å². The Morgan fingerprint density at radius 2 is 2.46 bits per heavy atom. The van der Waals surface area contributed by atoms with Crippen molar-refractivity contribution in [3.63, 3.8) is 0 Å². The molecule has 0 aromatic rings. The van der Waals surface area contributed by atoms with Gasteiger partial charge >= 0.3 is 0 Å². The molecule has 0 radical (unpaired) electrons. The summed E-state index contributed by atoms with van der Waals surface area (Å²) in [4.78, 5) is 0. The Kier molecular flexibility index (Phi) is 2.86. The van der Waals surface area contributed by atoms with Gasteiger partial charge in [0.05, 0.1) is 0 Å². The van der Waals surface area contributed by atoms with Crippen molar-refractivity contribution in [2.45, 2.75) is 31.9 Å². The largest absolute Gasteiger partial charge is 0.359 e. The topological polar surface area (TPSA) is 33.3 Å². The zero-order valence-electron chi connectivity index (χ0n) is 8.44. The first-order valence-corrected chi connectivity index (χ1v) is 5.47. The minimum atomic E-state index is -0.0196. The molecule has 2 atom stereocenters. The Morgan fingerprint density at radius 3 is 3.31 bits per heavy atom. The van der Waals surface area contributed by atoms with Crippen molar-refractivity contribution in [3.05, 3.63) is 0 Å². The first kappa shape index (κ1) is 9.44. The van der Waals surface area contributed by atoms with Crippen LogP contribution in [0.15, 0.2) is 0 Å². The molecule has 2 N–H and O–H groups in total. The van der Waals surface area contributed by atoms with Gasteiger partial charge in [0, 0.05) is 25.6 Å². The highest BCUT2D eigenvalue weighted by atomic mass is 16.5. The van der Waals surface area contributed by atoms with Crippen molar-refractivity contribution in [2.75, 3.05) is 26.2 Å². The lowest BCUT2D eigenvalue weighted by Gasteiger charge is -2.39. The zero-order chi connectivity index (χ0) is 9.15. The van der Waals surface area contributed by atoms with Crippen LogP contribution in [0.4, 0.5) is 0 Å². The molecular formula is C10H20N2O. The molecule has 2 fully saturated rings. The van der Waals surface area contributed by atoms with E-state index in [0.717, 1.165) is 32.7 Å². The predicted molar refractivity (Wildman–Crippen MR) is 52.6 cm³/mol. The molecule has 13 heavy (non-hydrogen) atoms. The van der Waals surface area contributed by atoms with Gasteiger partial charge in [-0.25, -0.2) is 0 Å². The van der Waals surface area contributed by atoms with Gasteiger partial charge in [-0.1, -0.05) is 6.92 Å². The first-order valence-electron chi connectivity index (χ1n) is 5.47. The molecule has 2 heterocycles. The molecule has 2 aliphatic rings. The maximum atomic E-state index is 5.97. The molecule has 0 aliphatic carbocycles. The number of nitrogens with one attached hydrogen (secondary N) is 2. The Balaban J connectivity index is 1.98. The lowest BCUT2D eigenvalue weighted by molar-refractivity contribution is -0.0989. The van der Waals surface area contributed by atoms with Crippen LogP contribution in [0.1, 0.15) is 26.2 Å². The highest BCUT2D eigenvalue weighted by molar-refractivity contribution is 4.97. The van der Waals surface area contributed by atoms with E-state index in [1.165, 1.54) is 12.8 Å². The number of hydrogen-bond acceptors (Lipinski definition) is 3. The normalized spacial score (nSPS) is 39.0. The smallest absolute Gasteiger partial charge is 0.135 e. The van der Waals surface area contributed by atoms with Crippen LogP contribution in [0, 0.1) is 5.92 Å². The van der Waals surface area contributed by atoms with Crippen LogP contribution in [-0.2, 0) is 4.74 Å². The summed E-state index contributed by atoms with van der Waals surface area (Å²) in [7, 11) is 0. The van der Waals surface area contributed by atoms with Gasteiger partial charge in [0.25, 0.3) is 0 Å². The van der Waals surface area contributed by atoms with Crippen LogP contribution >= 0.6 is 0 Å². The molecule has 2 saturated heterocycles. The van der Waals surface area contributed by atoms with E-state index in [1.807, 2.05) is 0 Å². The quantitative estimate of drug-likeness (QED) is 0.678. The van der Waals surface area contributed by atoms with E-state index in [1.54, 1.807) is 0 Å². The van der Waals surface area contributed by atoms with Crippen molar-refractivity contribution >= 4 is 0 Å². The fourth-order valence-corrected chi connectivity index (χ4v) is 2.44. The third kappa shape index (κ3) is 1.73. The highest BCUT2D eigenvalue weighted by Gasteiger charge is 2.44. The van der Waals surface area contributed by atoms with Crippen molar-refractivity contribution < 1.29 is 4.74 Å². The SMILES string of the molecule is CCCO[C@]12CNC[C@@H]1CCCN2. The van der Waals surface area contributed by atoms with Gasteiger partial charge in [-0.05, 0) is 25.8 Å². The molecule has 0 bridgehead atoms. The second-order valence-corrected chi connectivity index (χ2v) is 4.13. The van der Waals surface area contributed by atoms with Gasteiger partial charge in [0.15, 0.2) is 0 Å². The van der Waals surface area contributed by atoms with Gasteiger partial charge < -0.3 is 10.1 Å². The molecule has 0 spiro atoms. The molecule has 0 amide bonds. The summed E-state index contributed by atoms with van der Waals surface area (Å²) in [5.74, 6) is 0.688. The average Bonchev–Trinajstić information content (AvgIpc) is 2.58. The van der Waals surface area contributed by atoms with Crippen LogP contribution in [0.2, 0.25) is 0 Å². The van der Waals surface area contributed by atoms with Crippen LogP contribution in [0.3, 0.4) is 0 Å². The predicted octanol–water partition coefficient (Wildman–Crippen LogP) is 0.712. The zero-order valence-corrected chi connectivity index (χ0v) is 8.44. The second-order valence-electron chi connectivity index (χ2n) is 4.13. The fourth-order valence-electron chi connectivity index (χ4n) is 2.44. The number of hydrogen-bond donors (Lipinski definition) is 2. The standard InChI is InChI=1S/C10H20N2O/c1-2-6-13-10-8-11-7-9(10)4-3-5-12-10/h9,11-12H,2-8H2,1H3/t9-,10+/m0/s1. The molecule has 2 aliphatic heterocycles. The summed E-state index contributed by atoms with van der Waals surface area (Å²) in [6.07, 6.45) is 3.71. The van der Waals surface area contributed by atoms with Crippen molar-refractivity contribution in [2.24, 2.45) is 5.92 Å². The van der Waals surface area contributed by atoms with Crippen LogP contribution in [0.25, 0.3) is 0 Å². The van der Waals surface area contributed by atoms with E-state index < -0.39 is 0 Å². The maximum Gasteiger partial charge on any atom is 0.135 e. The van der Waals surface area contributed by atoms with E-state index in [4.69, 9.17) is 4.74 Å². The molecule has 2 rings (SSSR count).